The Morgan fingerprint density at radius 3 is 2.67 bits per heavy atom. The average molecular weight is 289 g/mol. The molecule has 1 unspecified atom stereocenters. The molecule has 1 aliphatic heterocycles. The molecule has 1 saturated heterocycles. The van der Waals surface area contributed by atoms with Crippen LogP contribution in [0.3, 0.4) is 0 Å². The first-order chi connectivity index (χ1) is 10.3. The van der Waals surface area contributed by atoms with E-state index in [1.165, 1.54) is 12.8 Å². The predicted molar refractivity (Wildman–Crippen MR) is 82.8 cm³/mol. The third kappa shape index (κ3) is 3.67. The third-order valence-corrected chi connectivity index (χ3v) is 4.17. The summed E-state index contributed by atoms with van der Waals surface area (Å²) in [5.41, 5.74) is 0.811. The van der Waals surface area contributed by atoms with Gasteiger partial charge < -0.3 is 20.3 Å². The van der Waals surface area contributed by atoms with E-state index >= 15 is 0 Å². The van der Waals surface area contributed by atoms with E-state index in [4.69, 9.17) is 4.74 Å². The minimum absolute atomic E-state index is 0.0105. The van der Waals surface area contributed by atoms with Crippen molar-refractivity contribution in [1.82, 2.24) is 10.2 Å². The lowest BCUT2D eigenvalue weighted by Crippen LogP contribution is -2.44. The zero-order valence-electron chi connectivity index (χ0n) is 12.5. The number of nitrogens with zero attached hydrogens (tertiary/aromatic N) is 1. The number of nitrogens with one attached hydrogen (secondary N) is 2. The van der Waals surface area contributed by atoms with Crippen LogP contribution in [0, 0.1) is 0 Å². The van der Waals surface area contributed by atoms with Crippen molar-refractivity contribution in [2.75, 3.05) is 25.5 Å². The molecule has 5 heteroatoms. The molecular formula is C16H23N3O2. The number of hydrogen-bond donors (Lipinski definition) is 2. The normalized spacial score (nSPS) is 21.1. The van der Waals surface area contributed by atoms with Gasteiger partial charge in [0, 0.05) is 24.3 Å². The molecule has 5 nitrogen and oxygen atoms in total. The van der Waals surface area contributed by atoms with Gasteiger partial charge in [0.25, 0.3) is 0 Å². The Labute approximate surface area is 125 Å². The molecule has 1 aromatic rings. The smallest absolute Gasteiger partial charge is 0.322 e. The minimum Gasteiger partial charge on any atom is -0.497 e. The molecule has 2 aliphatic rings. The maximum Gasteiger partial charge on any atom is 0.322 e. The molecule has 1 aliphatic carbocycles. The highest BCUT2D eigenvalue weighted by Crippen LogP contribution is 2.28. The van der Waals surface area contributed by atoms with E-state index in [-0.39, 0.29) is 6.03 Å². The van der Waals surface area contributed by atoms with Crippen LogP contribution < -0.4 is 15.4 Å². The van der Waals surface area contributed by atoms with Crippen LogP contribution >= 0.6 is 0 Å². The molecule has 0 radical (unpaired) electrons. The highest BCUT2D eigenvalue weighted by atomic mass is 16.5. The zero-order chi connectivity index (χ0) is 14.7. The number of methoxy groups -OCH3 is 1. The van der Waals surface area contributed by atoms with Crippen LogP contribution in [0.4, 0.5) is 10.5 Å². The van der Waals surface area contributed by atoms with Crippen molar-refractivity contribution in [3.63, 3.8) is 0 Å². The molecule has 114 valence electrons. The first-order valence-corrected chi connectivity index (χ1v) is 7.71. The minimum atomic E-state index is 0.0105. The van der Waals surface area contributed by atoms with E-state index in [0.29, 0.717) is 12.1 Å². The fraction of sp³-hybridized carbons (Fsp3) is 0.562. The summed E-state index contributed by atoms with van der Waals surface area (Å²) in [4.78, 5) is 14.5. The summed E-state index contributed by atoms with van der Waals surface area (Å²) < 4.78 is 5.13. The van der Waals surface area contributed by atoms with Gasteiger partial charge in [0.05, 0.1) is 7.11 Å². The molecule has 1 atom stereocenters. The van der Waals surface area contributed by atoms with E-state index in [1.807, 2.05) is 29.2 Å². The van der Waals surface area contributed by atoms with Crippen LogP contribution in [0.25, 0.3) is 0 Å². The van der Waals surface area contributed by atoms with Gasteiger partial charge in [0.1, 0.15) is 5.75 Å². The second kappa shape index (κ2) is 6.35. The van der Waals surface area contributed by atoms with Crippen LogP contribution in [0.5, 0.6) is 5.75 Å². The van der Waals surface area contributed by atoms with Crippen molar-refractivity contribution in [2.24, 2.45) is 0 Å². The Hall–Kier alpha value is -1.75. The monoisotopic (exact) mass is 289 g/mol. The summed E-state index contributed by atoms with van der Waals surface area (Å²) in [5.74, 6) is 0.794. The number of benzene rings is 1. The van der Waals surface area contributed by atoms with Gasteiger partial charge in [0.2, 0.25) is 0 Å². The van der Waals surface area contributed by atoms with Crippen LogP contribution in [-0.4, -0.2) is 43.2 Å². The first kappa shape index (κ1) is 14.2. The standard InChI is InChI=1S/C16H23N3O2/c1-21-15-8-4-12(5-9-15)18-16(20)19(14-6-7-14)11-13-3-2-10-17-13/h4-5,8-9,13-14,17H,2-3,6-7,10-11H2,1H3,(H,18,20). The fourth-order valence-corrected chi connectivity index (χ4v) is 2.80. The molecule has 0 spiro atoms. The van der Waals surface area contributed by atoms with Crippen molar-refractivity contribution in [1.29, 1.82) is 0 Å². The lowest BCUT2D eigenvalue weighted by Gasteiger charge is -2.26. The van der Waals surface area contributed by atoms with Crippen molar-refractivity contribution in [3.05, 3.63) is 24.3 Å². The van der Waals surface area contributed by atoms with Gasteiger partial charge in [-0.15, -0.1) is 0 Å². The maximum absolute atomic E-state index is 12.5. The summed E-state index contributed by atoms with van der Waals surface area (Å²) in [5, 5.41) is 6.46. The SMILES string of the molecule is COc1ccc(NC(=O)N(CC2CCCN2)C2CC2)cc1. The van der Waals surface area contributed by atoms with Crippen LogP contribution in [0.2, 0.25) is 0 Å². The molecule has 0 bridgehead atoms. The molecule has 0 aromatic heterocycles. The molecule has 2 N–H and O–H groups in total. The highest BCUT2D eigenvalue weighted by molar-refractivity contribution is 5.89. The first-order valence-electron chi connectivity index (χ1n) is 7.71. The van der Waals surface area contributed by atoms with Crippen LogP contribution in [0.1, 0.15) is 25.7 Å². The summed E-state index contributed by atoms with van der Waals surface area (Å²) in [7, 11) is 1.64. The van der Waals surface area contributed by atoms with E-state index < -0.39 is 0 Å². The van der Waals surface area contributed by atoms with Gasteiger partial charge >= 0.3 is 6.03 Å². The Kier molecular flexibility index (Phi) is 4.29. The maximum atomic E-state index is 12.5. The quantitative estimate of drug-likeness (QED) is 0.875. The summed E-state index contributed by atoms with van der Waals surface area (Å²) in [6, 6.07) is 8.34. The Balaban J connectivity index is 1.60. The van der Waals surface area contributed by atoms with Crippen molar-refractivity contribution in [2.45, 2.75) is 37.8 Å². The topological polar surface area (TPSA) is 53.6 Å². The molecular weight excluding hydrogens is 266 g/mol. The predicted octanol–water partition coefficient (Wildman–Crippen LogP) is 2.44. The molecule has 1 saturated carbocycles. The highest BCUT2D eigenvalue weighted by Gasteiger charge is 2.34. The molecule has 2 fully saturated rings. The number of rotatable bonds is 5. The number of hydrogen-bond acceptors (Lipinski definition) is 3. The number of ether oxygens (including phenoxy) is 1. The van der Waals surface area contributed by atoms with E-state index in [2.05, 4.69) is 10.6 Å². The molecule has 3 rings (SSSR count). The second-order valence-corrected chi connectivity index (χ2v) is 5.84. The summed E-state index contributed by atoms with van der Waals surface area (Å²) in [6.07, 6.45) is 4.63. The van der Waals surface area contributed by atoms with Gasteiger partial charge in [0.15, 0.2) is 0 Å². The Bertz CT molecular complexity index is 479. The number of urea groups is 1. The van der Waals surface area contributed by atoms with Gasteiger partial charge in [-0.3, -0.25) is 0 Å². The van der Waals surface area contributed by atoms with Gasteiger partial charge in [-0.1, -0.05) is 0 Å². The van der Waals surface area contributed by atoms with Gasteiger partial charge in [-0.2, -0.15) is 0 Å². The van der Waals surface area contributed by atoms with Crippen molar-refractivity contribution < 1.29 is 9.53 Å². The van der Waals surface area contributed by atoms with Gasteiger partial charge in [-0.05, 0) is 56.5 Å². The van der Waals surface area contributed by atoms with Crippen molar-refractivity contribution >= 4 is 11.7 Å². The molecule has 2 amide bonds. The number of carbonyl (C=O) groups excluding carboxylic acids is 1. The lowest BCUT2D eigenvalue weighted by atomic mass is 10.2. The van der Waals surface area contributed by atoms with Crippen molar-refractivity contribution in [3.8, 4) is 5.75 Å². The second-order valence-electron chi connectivity index (χ2n) is 5.84. The largest absolute Gasteiger partial charge is 0.497 e. The molecule has 21 heavy (non-hydrogen) atoms. The number of carbonyl (C=O) groups is 1. The Morgan fingerprint density at radius 1 is 1.33 bits per heavy atom. The van der Waals surface area contributed by atoms with E-state index in [9.17, 15) is 4.79 Å². The van der Waals surface area contributed by atoms with Gasteiger partial charge in [-0.25, -0.2) is 4.79 Å². The third-order valence-electron chi connectivity index (χ3n) is 4.17. The summed E-state index contributed by atoms with van der Waals surface area (Å²) >= 11 is 0. The molecule has 1 aromatic carbocycles. The van der Waals surface area contributed by atoms with E-state index in [0.717, 1.165) is 37.4 Å². The van der Waals surface area contributed by atoms with Crippen LogP contribution in [-0.2, 0) is 0 Å². The lowest BCUT2D eigenvalue weighted by molar-refractivity contribution is 0.203. The summed E-state index contributed by atoms with van der Waals surface area (Å²) in [6.45, 7) is 1.88. The zero-order valence-corrected chi connectivity index (χ0v) is 12.5. The Morgan fingerprint density at radius 2 is 2.10 bits per heavy atom. The van der Waals surface area contributed by atoms with Crippen LogP contribution in [0.15, 0.2) is 24.3 Å². The number of amides is 2. The fourth-order valence-electron chi connectivity index (χ4n) is 2.80. The average Bonchev–Trinajstić information content (AvgIpc) is 3.21. The van der Waals surface area contributed by atoms with E-state index in [1.54, 1.807) is 7.11 Å². The number of anilines is 1. The molecule has 1 heterocycles.